The van der Waals surface area contributed by atoms with E-state index in [1.54, 1.807) is 36.4 Å². The predicted octanol–water partition coefficient (Wildman–Crippen LogP) is 3.77. The van der Waals surface area contributed by atoms with E-state index in [-0.39, 0.29) is 23.9 Å². The number of aromatic nitrogens is 4. The van der Waals surface area contributed by atoms with Crippen LogP contribution in [-0.4, -0.2) is 44.7 Å². The summed E-state index contributed by atoms with van der Waals surface area (Å²) in [4.78, 5) is 29.7. The molecule has 0 saturated heterocycles. The minimum absolute atomic E-state index is 0.233. The third-order valence-corrected chi connectivity index (χ3v) is 5.27. The summed E-state index contributed by atoms with van der Waals surface area (Å²) in [7, 11) is 1.54. The molecule has 2 aromatic heterocycles. The molecule has 1 atom stereocenters. The van der Waals surface area contributed by atoms with Crippen LogP contribution in [-0.2, 0) is 16.1 Å². The number of rotatable bonds is 8. The van der Waals surface area contributed by atoms with E-state index in [0.717, 1.165) is 4.80 Å². The maximum Gasteiger partial charge on any atom is 0.251 e. The van der Waals surface area contributed by atoms with Gasteiger partial charge < -0.3 is 14.5 Å². The number of hydrogen-bond acceptors (Lipinski definition) is 7. The zero-order valence-corrected chi connectivity index (χ0v) is 20.9. The molecule has 1 unspecified atom stereocenters. The number of tetrazole rings is 1. The quantitative estimate of drug-likeness (QED) is 0.387. The molecule has 10 nitrogen and oxygen atoms in total. The maximum atomic E-state index is 13.8. The smallest absolute Gasteiger partial charge is 0.251 e. The standard InChI is InChI=1S/C26H27FN6O4/c1-26(2,3)28-25(35)23(21-6-5-15-37-21)33(19-11-13-20(36-4)14-12-19)22(34)16-32-30-24(29-31-32)17-7-9-18(27)10-8-17/h5-15,23H,16H2,1-4H3,(H,28,35). The predicted molar refractivity (Wildman–Crippen MR) is 133 cm³/mol. The number of methoxy groups -OCH3 is 1. The van der Waals surface area contributed by atoms with E-state index in [9.17, 15) is 14.0 Å². The van der Waals surface area contributed by atoms with Gasteiger partial charge in [0, 0.05) is 16.8 Å². The lowest BCUT2D eigenvalue weighted by Gasteiger charge is -2.32. The van der Waals surface area contributed by atoms with Crippen molar-refractivity contribution < 1.29 is 23.1 Å². The molecule has 0 bridgehead atoms. The number of carbonyl (C=O) groups is 2. The highest BCUT2D eigenvalue weighted by molar-refractivity contribution is 6.01. The van der Waals surface area contributed by atoms with Gasteiger partial charge in [-0.1, -0.05) is 0 Å². The fourth-order valence-corrected chi connectivity index (χ4v) is 3.66. The van der Waals surface area contributed by atoms with Crippen LogP contribution in [0.15, 0.2) is 71.3 Å². The van der Waals surface area contributed by atoms with Gasteiger partial charge in [-0.2, -0.15) is 4.80 Å². The van der Waals surface area contributed by atoms with Gasteiger partial charge in [0.1, 0.15) is 23.9 Å². The minimum Gasteiger partial charge on any atom is -0.497 e. The molecule has 0 saturated carbocycles. The Balaban J connectivity index is 1.70. The first kappa shape index (κ1) is 25.5. The normalized spacial score (nSPS) is 12.1. The third-order valence-electron chi connectivity index (χ3n) is 5.27. The molecule has 2 heterocycles. The van der Waals surface area contributed by atoms with Crippen LogP contribution in [0.4, 0.5) is 10.1 Å². The lowest BCUT2D eigenvalue weighted by atomic mass is 10.1. The monoisotopic (exact) mass is 506 g/mol. The van der Waals surface area contributed by atoms with Gasteiger partial charge in [0.05, 0.1) is 13.4 Å². The fraction of sp³-hybridized carbons (Fsp3) is 0.269. The highest BCUT2D eigenvalue weighted by atomic mass is 19.1. The van der Waals surface area contributed by atoms with Crippen molar-refractivity contribution in [1.82, 2.24) is 25.5 Å². The molecule has 0 aliphatic heterocycles. The molecular formula is C26H27FN6O4. The molecule has 37 heavy (non-hydrogen) atoms. The summed E-state index contributed by atoms with van der Waals surface area (Å²) in [6, 6.07) is 14.5. The van der Waals surface area contributed by atoms with E-state index in [0.29, 0.717) is 17.0 Å². The van der Waals surface area contributed by atoms with Crippen LogP contribution < -0.4 is 15.0 Å². The van der Waals surface area contributed by atoms with Crippen molar-refractivity contribution in [2.75, 3.05) is 12.0 Å². The number of benzene rings is 2. The first-order valence-corrected chi connectivity index (χ1v) is 11.5. The molecule has 192 valence electrons. The van der Waals surface area contributed by atoms with Crippen LogP contribution in [0.3, 0.4) is 0 Å². The Hall–Kier alpha value is -4.54. The van der Waals surface area contributed by atoms with Crippen LogP contribution in [0.25, 0.3) is 11.4 Å². The van der Waals surface area contributed by atoms with Gasteiger partial charge in [0.2, 0.25) is 5.82 Å². The number of hydrogen-bond donors (Lipinski definition) is 1. The summed E-state index contributed by atoms with van der Waals surface area (Å²) >= 11 is 0. The number of nitrogens with zero attached hydrogens (tertiary/aromatic N) is 5. The molecule has 0 radical (unpaired) electrons. The summed E-state index contributed by atoms with van der Waals surface area (Å²) in [5.74, 6) is -0.198. The number of anilines is 1. The van der Waals surface area contributed by atoms with Gasteiger partial charge in [-0.15, -0.1) is 10.2 Å². The first-order chi connectivity index (χ1) is 17.6. The van der Waals surface area contributed by atoms with Crippen molar-refractivity contribution in [3.8, 4) is 17.1 Å². The van der Waals surface area contributed by atoms with E-state index < -0.39 is 23.4 Å². The zero-order chi connectivity index (χ0) is 26.6. The van der Waals surface area contributed by atoms with E-state index in [2.05, 4.69) is 20.7 Å². The summed E-state index contributed by atoms with van der Waals surface area (Å²) in [6.07, 6.45) is 1.44. The van der Waals surface area contributed by atoms with Gasteiger partial charge in [-0.3, -0.25) is 14.5 Å². The third kappa shape index (κ3) is 6.18. The second kappa shape index (κ2) is 10.6. The minimum atomic E-state index is -1.12. The van der Waals surface area contributed by atoms with Gasteiger partial charge in [-0.25, -0.2) is 4.39 Å². The first-order valence-electron chi connectivity index (χ1n) is 11.5. The topological polar surface area (TPSA) is 115 Å². The van der Waals surface area contributed by atoms with Crippen molar-refractivity contribution >= 4 is 17.5 Å². The van der Waals surface area contributed by atoms with E-state index in [1.807, 2.05) is 20.8 Å². The Labute approximate surface area is 213 Å². The average Bonchev–Trinajstić information content (AvgIpc) is 3.54. The Bertz CT molecular complexity index is 1350. The molecular weight excluding hydrogens is 479 g/mol. The second-order valence-electron chi connectivity index (χ2n) is 9.27. The number of halogens is 1. The fourth-order valence-electron chi connectivity index (χ4n) is 3.66. The van der Waals surface area contributed by atoms with E-state index >= 15 is 0 Å². The SMILES string of the molecule is COc1ccc(N(C(=O)Cn2nnc(-c3ccc(F)cc3)n2)C(C(=O)NC(C)(C)C)c2ccco2)cc1. The molecule has 4 rings (SSSR count). The number of ether oxygens (including phenoxy) is 1. The summed E-state index contributed by atoms with van der Waals surface area (Å²) in [6.45, 7) is 5.22. The van der Waals surface area contributed by atoms with Crippen molar-refractivity contribution in [3.05, 3.63) is 78.5 Å². The van der Waals surface area contributed by atoms with Crippen molar-refractivity contribution in [3.63, 3.8) is 0 Å². The largest absolute Gasteiger partial charge is 0.497 e. The average molecular weight is 507 g/mol. The second-order valence-corrected chi connectivity index (χ2v) is 9.27. The summed E-state index contributed by atoms with van der Waals surface area (Å²) in [5.41, 5.74) is 0.425. The highest BCUT2D eigenvalue weighted by Gasteiger charge is 2.36. The van der Waals surface area contributed by atoms with Gasteiger partial charge >= 0.3 is 0 Å². The zero-order valence-electron chi connectivity index (χ0n) is 20.9. The lowest BCUT2D eigenvalue weighted by Crippen LogP contribution is -2.50. The van der Waals surface area contributed by atoms with Crippen LogP contribution in [0.5, 0.6) is 5.75 Å². The van der Waals surface area contributed by atoms with Gasteiger partial charge in [0.25, 0.3) is 11.8 Å². The number of nitrogens with one attached hydrogen (secondary N) is 1. The summed E-state index contributed by atoms with van der Waals surface area (Å²) in [5, 5.41) is 15.1. The molecule has 11 heteroatoms. The summed E-state index contributed by atoms with van der Waals surface area (Å²) < 4.78 is 24.1. The molecule has 0 spiro atoms. The van der Waals surface area contributed by atoms with E-state index in [1.165, 1.54) is 42.5 Å². The number of amides is 2. The molecule has 2 amide bonds. The molecule has 4 aromatic rings. The molecule has 0 aliphatic carbocycles. The highest BCUT2D eigenvalue weighted by Crippen LogP contribution is 2.30. The number of carbonyl (C=O) groups excluding carboxylic acids is 2. The molecule has 0 fully saturated rings. The Morgan fingerprint density at radius 2 is 1.81 bits per heavy atom. The van der Waals surface area contributed by atoms with Gasteiger partial charge in [-0.05, 0) is 86.6 Å². The van der Waals surface area contributed by atoms with Crippen LogP contribution >= 0.6 is 0 Å². The Morgan fingerprint density at radius 3 is 2.41 bits per heavy atom. The van der Waals surface area contributed by atoms with Crippen LogP contribution in [0.1, 0.15) is 32.6 Å². The molecule has 1 N–H and O–H groups in total. The molecule has 2 aromatic carbocycles. The Morgan fingerprint density at radius 1 is 1.11 bits per heavy atom. The Kier molecular flexibility index (Phi) is 7.32. The number of furan rings is 1. The van der Waals surface area contributed by atoms with Crippen molar-refractivity contribution in [1.29, 1.82) is 0 Å². The van der Waals surface area contributed by atoms with Gasteiger partial charge in [0.15, 0.2) is 6.04 Å². The van der Waals surface area contributed by atoms with Crippen molar-refractivity contribution in [2.45, 2.75) is 38.9 Å². The molecule has 0 aliphatic rings. The van der Waals surface area contributed by atoms with Crippen LogP contribution in [0.2, 0.25) is 0 Å². The maximum absolute atomic E-state index is 13.8. The van der Waals surface area contributed by atoms with Crippen LogP contribution in [0, 0.1) is 5.82 Å². The lowest BCUT2D eigenvalue weighted by molar-refractivity contribution is -0.128. The van der Waals surface area contributed by atoms with Crippen molar-refractivity contribution in [2.24, 2.45) is 0 Å². The van der Waals surface area contributed by atoms with E-state index in [4.69, 9.17) is 9.15 Å².